The van der Waals surface area contributed by atoms with Crippen molar-refractivity contribution in [3.63, 3.8) is 0 Å². The Kier molecular flexibility index (Phi) is 6.23. The molecule has 0 saturated heterocycles. The minimum atomic E-state index is -0.577. The number of primary amides is 1. The predicted octanol–water partition coefficient (Wildman–Crippen LogP) is 0.587. The zero-order chi connectivity index (χ0) is 14.5. The fourth-order valence-electron chi connectivity index (χ4n) is 2.54. The molecule has 1 saturated carbocycles. The summed E-state index contributed by atoms with van der Waals surface area (Å²) in [4.78, 5) is 14.2. The number of nitrogens with two attached hydrogens (primary N) is 1. The molecule has 5 nitrogen and oxygen atoms in total. The van der Waals surface area contributed by atoms with Crippen molar-refractivity contribution in [2.75, 3.05) is 33.9 Å². The van der Waals surface area contributed by atoms with E-state index in [1.807, 2.05) is 7.05 Å². The van der Waals surface area contributed by atoms with Crippen molar-refractivity contribution in [1.29, 1.82) is 0 Å². The second kappa shape index (κ2) is 7.22. The van der Waals surface area contributed by atoms with E-state index in [0.717, 1.165) is 25.8 Å². The maximum Gasteiger partial charge on any atom is 0.239 e. The molecular weight excluding hydrogens is 242 g/mol. The second-order valence-corrected chi connectivity index (χ2v) is 5.76. The van der Waals surface area contributed by atoms with Gasteiger partial charge in [-0.3, -0.25) is 9.69 Å². The molecule has 1 aliphatic carbocycles. The van der Waals surface area contributed by atoms with Gasteiger partial charge in [0.2, 0.25) is 5.91 Å². The Morgan fingerprint density at radius 3 is 2.63 bits per heavy atom. The maximum atomic E-state index is 12.0. The highest BCUT2D eigenvalue weighted by molar-refractivity contribution is 5.86. The second-order valence-electron chi connectivity index (χ2n) is 5.76. The lowest BCUT2D eigenvalue weighted by molar-refractivity contribution is -0.126. The van der Waals surface area contributed by atoms with Gasteiger partial charge in [-0.2, -0.15) is 0 Å². The highest BCUT2D eigenvalue weighted by Gasteiger charge is 2.50. The molecular formula is C14H29N3O2. The first-order chi connectivity index (χ1) is 8.97. The van der Waals surface area contributed by atoms with E-state index in [2.05, 4.69) is 24.1 Å². The molecule has 0 bridgehead atoms. The van der Waals surface area contributed by atoms with Gasteiger partial charge >= 0.3 is 0 Å². The van der Waals surface area contributed by atoms with Gasteiger partial charge in [-0.05, 0) is 45.7 Å². The average Bonchev–Trinajstić information content (AvgIpc) is 3.18. The van der Waals surface area contributed by atoms with Crippen molar-refractivity contribution in [3.05, 3.63) is 0 Å². The van der Waals surface area contributed by atoms with Crippen molar-refractivity contribution in [2.24, 2.45) is 11.7 Å². The van der Waals surface area contributed by atoms with E-state index in [0.29, 0.717) is 19.1 Å². The van der Waals surface area contributed by atoms with Crippen LogP contribution in [-0.4, -0.2) is 56.2 Å². The molecule has 0 radical (unpaired) electrons. The summed E-state index contributed by atoms with van der Waals surface area (Å²) in [6.07, 6.45) is 3.18. The summed E-state index contributed by atoms with van der Waals surface area (Å²) in [6.45, 7) is 6.33. The Hall–Kier alpha value is -0.650. The van der Waals surface area contributed by atoms with Gasteiger partial charge in [0.05, 0.1) is 6.61 Å². The van der Waals surface area contributed by atoms with Gasteiger partial charge < -0.3 is 15.8 Å². The van der Waals surface area contributed by atoms with Crippen LogP contribution in [0.2, 0.25) is 0 Å². The minimum Gasteiger partial charge on any atom is -0.383 e. The average molecular weight is 271 g/mol. The van der Waals surface area contributed by atoms with Crippen LogP contribution in [0.5, 0.6) is 0 Å². The topological polar surface area (TPSA) is 67.6 Å². The molecule has 0 aromatic heterocycles. The summed E-state index contributed by atoms with van der Waals surface area (Å²) in [6, 6.07) is 0.269. The molecule has 1 rings (SSSR count). The van der Waals surface area contributed by atoms with E-state index in [4.69, 9.17) is 10.5 Å². The summed E-state index contributed by atoms with van der Waals surface area (Å²) < 4.78 is 5.18. The predicted molar refractivity (Wildman–Crippen MR) is 76.9 cm³/mol. The lowest BCUT2D eigenvalue weighted by Gasteiger charge is -2.38. The number of nitrogens with zero attached hydrogens (tertiary/aromatic N) is 1. The van der Waals surface area contributed by atoms with Gasteiger partial charge in [-0.15, -0.1) is 0 Å². The Morgan fingerprint density at radius 2 is 2.21 bits per heavy atom. The Labute approximate surface area is 116 Å². The van der Waals surface area contributed by atoms with Gasteiger partial charge in [0.15, 0.2) is 0 Å². The van der Waals surface area contributed by atoms with Crippen molar-refractivity contribution in [1.82, 2.24) is 10.2 Å². The summed E-state index contributed by atoms with van der Waals surface area (Å²) in [5.74, 6) is 0.161. The van der Waals surface area contributed by atoms with Crippen LogP contribution in [0, 0.1) is 5.92 Å². The van der Waals surface area contributed by atoms with Crippen molar-refractivity contribution in [2.45, 2.75) is 44.7 Å². The fraction of sp³-hybridized carbons (Fsp3) is 0.929. The normalized spacial score (nSPS) is 20.3. The molecule has 2 atom stereocenters. The molecule has 3 N–H and O–H groups in total. The molecule has 1 aliphatic rings. The van der Waals surface area contributed by atoms with Crippen LogP contribution in [-0.2, 0) is 9.53 Å². The molecule has 19 heavy (non-hydrogen) atoms. The van der Waals surface area contributed by atoms with E-state index in [1.54, 1.807) is 7.11 Å². The highest BCUT2D eigenvalue weighted by Crippen LogP contribution is 2.40. The van der Waals surface area contributed by atoms with Crippen molar-refractivity contribution in [3.8, 4) is 0 Å². The van der Waals surface area contributed by atoms with Crippen LogP contribution in [0.1, 0.15) is 33.1 Å². The smallest absolute Gasteiger partial charge is 0.239 e. The summed E-state index contributed by atoms with van der Waals surface area (Å²) in [7, 11) is 3.72. The molecule has 0 spiro atoms. The zero-order valence-corrected chi connectivity index (χ0v) is 12.7. The van der Waals surface area contributed by atoms with Crippen LogP contribution < -0.4 is 11.1 Å². The molecule has 2 unspecified atom stereocenters. The third-order valence-corrected chi connectivity index (χ3v) is 4.06. The number of nitrogens with one attached hydrogen (secondary N) is 1. The number of ether oxygens (including phenoxy) is 1. The van der Waals surface area contributed by atoms with E-state index in [-0.39, 0.29) is 11.9 Å². The zero-order valence-electron chi connectivity index (χ0n) is 12.7. The van der Waals surface area contributed by atoms with E-state index < -0.39 is 5.54 Å². The third-order valence-electron chi connectivity index (χ3n) is 4.06. The molecule has 0 aromatic carbocycles. The number of hydrogen-bond acceptors (Lipinski definition) is 4. The number of rotatable bonds is 10. The fourth-order valence-corrected chi connectivity index (χ4v) is 2.54. The van der Waals surface area contributed by atoms with E-state index in [1.165, 1.54) is 0 Å². The maximum absolute atomic E-state index is 12.0. The first-order valence-corrected chi connectivity index (χ1v) is 7.22. The first kappa shape index (κ1) is 16.4. The van der Waals surface area contributed by atoms with Gasteiger partial charge in [0.1, 0.15) is 5.54 Å². The summed E-state index contributed by atoms with van der Waals surface area (Å²) in [5, 5.41) is 3.42. The molecule has 112 valence electrons. The van der Waals surface area contributed by atoms with Crippen LogP contribution in [0.15, 0.2) is 0 Å². The number of likely N-dealkylation sites (N-methyl/N-ethyl adjacent to an activating group) is 1. The monoisotopic (exact) mass is 271 g/mol. The molecule has 0 heterocycles. The van der Waals surface area contributed by atoms with Gasteiger partial charge in [0, 0.05) is 19.7 Å². The number of amides is 1. The third kappa shape index (κ3) is 4.16. The lowest BCUT2D eigenvalue weighted by Crippen LogP contribution is -2.64. The highest BCUT2D eigenvalue weighted by atomic mass is 16.5. The molecule has 5 heteroatoms. The molecule has 1 amide bonds. The lowest BCUT2D eigenvalue weighted by atomic mass is 9.90. The van der Waals surface area contributed by atoms with Crippen LogP contribution in [0.4, 0.5) is 0 Å². The summed E-state index contributed by atoms with van der Waals surface area (Å²) in [5.41, 5.74) is 5.14. The standard InChI is InChI=1S/C14H29N3O2/c1-5-8-16-14(13(15)18,12-6-7-12)10-17(3)11(2)9-19-4/h11-12,16H,5-10H2,1-4H3,(H2,15,18). The van der Waals surface area contributed by atoms with Crippen LogP contribution in [0.3, 0.4) is 0 Å². The van der Waals surface area contributed by atoms with Gasteiger partial charge in [0.25, 0.3) is 0 Å². The Balaban J connectivity index is 2.75. The van der Waals surface area contributed by atoms with Crippen LogP contribution >= 0.6 is 0 Å². The number of hydrogen-bond donors (Lipinski definition) is 2. The van der Waals surface area contributed by atoms with E-state index in [9.17, 15) is 4.79 Å². The van der Waals surface area contributed by atoms with Crippen LogP contribution in [0.25, 0.3) is 0 Å². The minimum absolute atomic E-state index is 0.222. The number of methoxy groups -OCH3 is 1. The molecule has 1 fully saturated rings. The quantitative estimate of drug-likeness (QED) is 0.610. The van der Waals surface area contributed by atoms with Gasteiger partial charge in [-0.25, -0.2) is 0 Å². The number of carbonyl (C=O) groups is 1. The van der Waals surface area contributed by atoms with E-state index >= 15 is 0 Å². The SMILES string of the molecule is CCCNC(CN(C)C(C)COC)(C(N)=O)C1CC1. The first-order valence-electron chi connectivity index (χ1n) is 7.22. The molecule has 0 aliphatic heterocycles. The largest absolute Gasteiger partial charge is 0.383 e. The van der Waals surface area contributed by atoms with Gasteiger partial charge in [-0.1, -0.05) is 6.92 Å². The van der Waals surface area contributed by atoms with Crippen molar-refractivity contribution < 1.29 is 9.53 Å². The Morgan fingerprint density at radius 1 is 1.58 bits per heavy atom. The summed E-state index contributed by atoms with van der Waals surface area (Å²) >= 11 is 0. The molecule has 0 aromatic rings. The van der Waals surface area contributed by atoms with Crippen molar-refractivity contribution >= 4 is 5.91 Å². The Bertz CT molecular complexity index is 294. The number of carbonyl (C=O) groups excluding carboxylic acids is 1.